The molecule has 4 heterocycles. The van der Waals surface area contributed by atoms with Crippen LogP contribution in [0, 0.1) is 0 Å². The number of imidazole rings is 1. The molecule has 1 fully saturated rings. The molecule has 0 atom stereocenters. The number of rotatable bonds is 4. The van der Waals surface area contributed by atoms with Crippen molar-refractivity contribution < 1.29 is 4.79 Å². The van der Waals surface area contributed by atoms with Gasteiger partial charge >= 0.3 is 0 Å². The van der Waals surface area contributed by atoms with Gasteiger partial charge in [-0.25, -0.2) is 4.98 Å². The van der Waals surface area contributed by atoms with E-state index in [1.165, 1.54) is 31.6 Å². The van der Waals surface area contributed by atoms with E-state index in [2.05, 4.69) is 19.8 Å². The molecule has 0 saturated carbocycles. The van der Waals surface area contributed by atoms with Gasteiger partial charge < -0.3 is 9.47 Å². The number of aromatic nitrogens is 2. The molecule has 2 aromatic heterocycles. The van der Waals surface area contributed by atoms with Crippen molar-refractivity contribution in [3.05, 3.63) is 40.1 Å². The minimum absolute atomic E-state index is 0.236. The second-order valence-corrected chi connectivity index (χ2v) is 7.52. The summed E-state index contributed by atoms with van der Waals surface area (Å²) in [5.41, 5.74) is 2.43. The van der Waals surface area contributed by atoms with E-state index >= 15 is 0 Å². The fraction of sp³-hybridized carbons (Fsp3) is 0.556. The SMILES string of the molecule is O=C(Cc1ccsc1)N1CCc2ncc(CN3CCCC3)n2CC1. The lowest BCUT2D eigenvalue weighted by molar-refractivity contribution is -0.130. The highest BCUT2D eigenvalue weighted by Gasteiger charge is 2.22. The van der Waals surface area contributed by atoms with Crippen LogP contribution >= 0.6 is 11.3 Å². The van der Waals surface area contributed by atoms with E-state index in [9.17, 15) is 4.79 Å². The van der Waals surface area contributed by atoms with Crippen molar-refractivity contribution >= 4 is 17.2 Å². The summed E-state index contributed by atoms with van der Waals surface area (Å²) in [5.74, 6) is 1.37. The van der Waals surface area contributed by atoms with E-state index in [1.54, 1.807) is 11.3 Å². The zero-order valence-corrected chi connectivity index (χ0v) is 14.8. The van der Waals surface area contributed by atoms with Gasteiger partial charge in [0.1, 0.15) is 5.82 Å². The lowest BCUT2D eigenvalue weighted by Crippen LogP contribution is -2.34. The summed E-state index contributed by atoms with van der Waals surface area (Å²) in [4.78, 5) is 21.7. The Bertz CT molecular complexity index is 688. The number of carbonyl (C=O) groups is 1. The average molecular weight is 344 g/mol. The molecule has 128 valence electrons. The molecule has 1 saturated heterocycles. The zero-order chi connectivity index (χ0) is 16.4. The third-order valence-electron chi connectivity index (χ3n) is 5.09. The number of hydrogen-bond donors (Lipinski definition) is 0. The first-order valence-corrected chi connectivity index (χ1v) is 9.78. The normalized spacial score (nSPS) is 18.6. The zero-order valence-electron chi connectivity index (χ0n) is 14.0. The summed E-state index contributed by atoms with van der Waals surface area (Å²) in [6.45, 7) is 5.84. The van der Waals surface area contributed by atoms with Crippen LogP contribution in [-0.2, 0) is 30.7 Å². The highest BCUT2D eigenvalue weighted by molar-refractivity contribution is 7.07. The second-order valence-electron chi connectivity index (χ2n) is 6.74. The molecular formula is C18H24N4OS. The molecular weight excluding hydrogens is 320 g/mol. The molecule has 0 aliphatic carbocycles. The maximum atomic E-state index is 12.5. The molecule has 2 aliphatic heterocycles. The predicted octanol–water partition coefficient (Wildman–Crippen LogP) is 2.17. The Kier molecular flexibility index (Phi) is 4.67. The molecule has 2 aromatic rings. The van der Waals surface area contributed by atoms with Crippen LogP contribution in [0.4, 0.5) is 0 Å². The summed E-state index contributed by atoms with van der Waals surface area (Å²) in [5, 5.41) is 4.10. The second kappa shape index (κ2) is 7.07. The minimum atomic E-state index is 0.236. The number of nitrogens with zero attached hydrogens (tertiary/aromatic N) is 4. The highest BCUT2D eigenvalue weighted by atomic mass is 32.1. The molecule has 1 amide bonds. The van der Waals surface area contributed by atoms with Crippen molar-refractivity contribution in [1.29, 1.82) is 0 Å². The number of thiophene rings is 1. The largest absolute Gasteiger partial charge is 0.340 e. The Balaban J connectivity index is 1.40. The van der Waals surface area contributed by atoms with Gasteiger partial charge in [0, 0.05) is 38.8 Å². The van der Waals surface area contributed by atoms with Crippen LogP contribution in [0.25, 0.3) is 0 Å². The Morgan fingerprint density at radius 3 is 2.83 bits per heavy atom. The third-order valence-corrected chi connectivity index (χ3v) is 5.82. The molecule has 24 heavy (non-hydrogen) atoms. The molecule has 0 spiro atoms. The summed E-state index contributed by atoms with van der Waals surface area (Å²) in [6.07, 6.45) is 6.04. The minimum Gasteiger partial charge on any atom is -0.340 e. The molecule has 0 unspecified atom stereocenters. The van der Waals surface area contributed by atoms with Gasteiger partial charge in [0.2, 0.25) is 5.91 Å². The third kappa shape index (κ3) is 3.39. The summed E-state index contributed by atoms with van der Waals surface area (Å²) >= 11 is 1.65. The molecule has 0 radical (unpaired) electrons. The van der Waals surface area contributed by atoms with Gasteiger partial charge in [-0.1, -0.05) is 0 Å². The van der Waals surface area contributed by atoms with Crippen molar-refractivity contribution in [2.45, 2.75) is 38.8 Å². The molecule has 6 heteroatoms. The van der Waals surface area contributed by atoms with E-state index in [4.69, 9.17) is 0 Å². The molecule has 5 nitrogen and oxygen atoms in total. The number of carbonyl (C=O) groups excluding carboxylic acids is 1. The maximum Gasteiger partial charge on any atom is 0.227 e. The van der Waals surface area contributed by atoms with Gasteiger partial charge in [0.05, 0.1) is 12.1 Å². The molecule has 2 aliphatic rings. The van der Waals surface area contributed by atoms with Gasteiger partial charge in [0.25, 0.3) is 0 Å². The van der Waals surface area contributed by atoms with E-state index in [0.717, 1.165) is 44.0 Å². The van der Waals surface area contributed by atoms with Gasteiger partial charge in [-0.05, 0) is 48.3 Å². The number of fused-ring (bicyclic) bond motifs is 1. The fourth-order valence-corrected chi connectivity index (χ4v) is 4.39. The Hall–Kier alpha value is -1.66. The first-order valence-electron chi connectivity index (χ1n) is 8.84. The average Bonchev–Trinajstić information content (AvgIpc) is 3.30. The van der Waals surface area contributed by atoms with Crippen molar-refractivity contribution in [3.8, 4) is 0 Å². The molecule has 4 rings (SSSR count). The summed E-state index contributed by atoms with van der Waals surface area (Å²) in [7, 11) is 0. The standard InChI is InChI=1S/C18H24N4OS/c23-18(11-15-4-10-24-14-15)21-7-3-17-19-12-16(22(17)9-8-21)13-20-5-1-2-6-20/h4,10,12,14H,1-3,5-9,11,13H2. The van der Waals surface area contributed by atoms with Crippen LogP contribution in [0.3, 0.4) is 0 Å². The van der Waals surface area contributed by atoms with Gasteiger partial charge in [-0.3, -0.25) is 9.69 Å². The van der Waals surface area contributed by atoms with Crippen LogP contribution in [0.2, 0.25) is 0 Å². The van der Waals surface area contributed by atoms with Gasteiger partial charge in [-0.2, -0.15) is 11.3 Å². The monoisotopic (exact) mass is 344 g/mol. The molecule has 0 aromatic carbocycles. The Morgan fingerprint density at radius 1 is 1.17 bits per heavy atom. The van der Waals surface area contributed by atoms with Crippen molar-refractivity contribution in [2.24, 2.45) is 0 Å². The predicted molar refractivity (Wildman–Crippen MR) is 95.0 cm³/mol. The van der Waals surface area contributed by atoms with Crippen LogP contribution in [-0.4, -0.2) is 51.4 Å². The Labute approximate surface area is 146 Å². The van der Waals surface area contributed by atoms with Crippen LogP contribution in [0.5, 0.6) is 0 Å². The van der Waals surface area contributed by atoms with E-state index in [1.807, 2.05) is 22.5 Å². The van der Waals surface area contributed by atoms with Crippen LogP contribution in [0.1, 0.15) is 29.9 Å². The summed E-state index contributed by atoms with van der Waals surface area (Å²) < 4.78 is 2.34. The number of likely N-dealkylation sites (tertiary alicyclic amines) is 1. The van der Waals surface area contributed by atoms with Gasteiger partial charge in [-0.15, -0.1) is 0 Å². The fourth-order valence-electron chi connectivity index (χ4n) is 3.72. The van der Waals surface area contributed by atoms with Crippen molar-refractivity contribution in [3.63, 3.8) is 0 Å². The number of amides is 1. The lowest BCUT2D eigenvalue weighted by Gasteiger charge is -2.20. The first-order chi connectivity index (χ1) is 11.8. The summed E-state index contributed by atoms with van der Waals surface area (Å²) in [6, 6.07) is 2.04. The Morgan fingerprint density at radius 2 is 2.04 bits per heavy atom. The number of hydrogen-bond acceptors (Lipinski definition) is 4. The van der Waals surface area contributed by atoms with Crippen LogP contribution in [0.15, 0.2) is 23.0 Å². The lowest BCUT2D eigenvalue weighted by atomic mass is 10.2. The maximum absolute atomic E-state index is 12.5. The van der Waals surface area contributed by atoms with Crippen molar-refractivity contribution in [1.82, 2.24) is 19.4 Å². The van der Waals surface area contributed by atoms with Gasteiger partial charge in [0.15, 0.2) is 0 Å². The highest BCUT2D eigenvalue weighted by Crippen LogP contribution is 2.17. The topological polar surface area (TPSA) is 41.4 Å². The van der Waals surface area contributed by atoms with E-state index < -0.39 is 0 Å². The van der Waals surface area contributed by atoms with E-state index in [0.29, 0.717) is 6.42 Å². The smallest absolute Gasteiger partial charge is 0.227 e. The molecule has 0 bridgehead atoms. The first kappa shape index (κ1) is 15.8. The molecule has 0 N–H and O–H groups in total. The van der Waals surface area contributed by atoms with E-state index in [-0.39, 0.29) is 5.91 Å². The van der Waals surface area contributed by atoms with Crippen LogP contribution < -0.4 is 0 Å². The van der Waals surface area contributed by atoms with Crippen molar-refractivity contribution in [2.75, 3.05) is 26.2 Å². The quantitative estimate of drug-likeness (QED) is 0.854.